The van der Waals surface area contributed by atoms with Crippen molar-refractivity contribution in [3.8, 4) is 5.75 Å². The first-order chi connectivity index (χ1) is 16.7. The largest absolute Gasteiger partial charge is 0.489 e. The van der Waals surface area contributed by atoms with E-state index in [-0.39, 0.29) is 6.61 Å². The lowest BCUT2D eigenvalue weighted by Gasteiger charge is -2.14. The van der Waals surface area contributed by atoms with Gasteiger partial charge in [-0.1, -0.05) is 60.5 Å². The summed E-state index contributed by atoms with van der Waals surface area (Å²) in [6, 6.07) is 9.90. The quantitative estimate of drug-likeness (QED) is 0.314. The van der Waals surface area contributed by atoms with Crippen LogP contribution in [0.5, 0.6) is 5.75 Å². The lowest BCUT2D eigenvalue weighted by Crippen LogP contribution is -2.22. The molecule has 0 bridgehead atoms. The fraction of sp³-hybridized carbons (Fsp3) is 0.292. The van der Waals surface area contributed by atoms with E-state index in [4.69, 9.17) is 28.6 Å². The number of ether oxygens (including phenoxy) is 1. The Kier molecular flexibility index (Phi) is 9.11. The van der Waals surface area contributed by atoms with Crippen LogP contribution in [0.4, 0.5) is 13.2 Å². The van der Waals surface area contributed by atoms with E-state index >= 15 is 0 Å². The number of rotatable bonds is 10. The minimum atomic E-state index is -4.40. The average Bonchev–Trinajstić information content (AvgIpc) is 3.23. The summed E-state index contributed by atoms with van der Waals surface area (Å²) in [5.74, 6) is 0.279. The number of aromatic nitrogens is 2. The second kappa shape index (κ2) is 12.0. The minimum Gasteiger partial charge on any atom is -0.489 e. The van der Waals surface area contributed by atoms with Gasteiger partial charge in [0, 0.05) is 22.7 Å². The monoisotopic (exact) mass is 525 g/mol. The molecule has 1 heterocycles. The smallest absolute Gasteiger partial charge is 0.438 e. The fourth-order valence-corrected chi connectivity index (χ4v) is 3.63. The number of halogens is 4. The van der Waals surface area contributed by atoms with E-state index in [1.807, 2.05) is 6.08 Å². The van der Waals surface area contributed by atoms with Gasteiger partial charge < -0.3 is 10.1 Å². The van der Waals surface area contributed by atoms with Crippen LogP contribution in [0.25, 0.3) is 0 Å². The molecular formula is C24H23ClF3N3O3S. The lowest BCUT2D eigenvalue weighted by atomic mass is 10.1. The van der Waals surface area contributed by atoms with E-state index < -0.39 is 17.5 Å². The molecule has 2 N–H and O–H groups in total. The Labute approximate surface area is 210 Å². The molecule has 2 aromatic carbocycles. The van der Waals surface area contributed by atoms with Gasteiger partial charge in [-0.05, 0) is 48.7 Å². The molecule has 0 fully saturated rings. The summed E-state index contributed by atoms with van der Waals surface area (Å²) < 4.78 is 48.7. The van der Waals surface area contributed by atoms with Crippen LogP contribution >= 0.6 is 23.8 Å². The molecule has 0 spiro atoms. The molecule has 1 aromatic heterocycles. The van der Waals surface area contributed by atoms with E-state index in [1.165, 1.54) is 12.1 Å². The maximum Gasteiger partial charge on any atom is 0.438 e. The van der Waals surface area contributed by atoms with Gasteiger partial charge in [-0.15, -0.1) is 0 Å². The first-order valence-electron chi connectivity index (χ1n) is 10.8. The first kappa shape index (κ1) is 26.5. The fourth-order valence-electron chi connectivity index (χ4n) is 3.13. The van der Waals surface area contributed by atoms with E-state index in [9.17, 15) is 18.0 Å². The van der Waals surface area contributed by atoms with Crippen molar-refractivity contribution in [2.24, 2.45) is 0 Å². The number of hydrogen-bond donors (Lipinski definition) is 2. The van der Waals surface area contributed by atoms with Gasteiger partial charge in [-0.3, -0.25) is 9.51 Å². The Morgan fingerprint density at radius 1 is 1.26 bits per heavy atom. The van der Waals surface area contributed by atoms with Gasteiger partial charge in [0.05, 0.1) is 5.56 Å². The van der Waals surface area contributed by atoms with Crippen molar-refractivity contribution < 1.29 is 22.4 Å². The van der Waals surface area contributed by atoms with Gasteiger partial charge in [0.25, 0.3) is 0 Å². The number of nitrogens with zero attached hydrogens (tertiary/aromatic N) is 1. The van der Waals surface area contributed by atoms with E-state index in [0.717, 1.165) is 36.2 Å². The SMILES string of the molecule is CCCC/C(=C\COc1ccc(Cc2noc(=O)[nH]2)c(Cl)c1)NC(=S)c1ccc(C(F)(F)F)cc1. The Morgan fingerprint density at radius 2 is 2.00 bits per heavy atom. The highest BCUT2D eigenvalue weighted by Crippen LogP contribution is 2.29. The molecule has 0 aliphatic heterocycles. The summed E-state index contributed by atoms with van der Waals surface area (Å²) in [6.45, 7) is 2.29. The Hall–Kier alpha value is -3.11. The molecule has 0 atom stereocenters. The Morgan fingerprint density at radius 3 is 2.60 bits per heavy atom. The zero-order chi connectivity index (χ0) is 25.4. The second-order valence-electron chi connectivity index (χ2n) is 7.64. The van der Waals surface area contributed by atoms with Crippen LogP contribution in [-0.2, 0) is 12.6 Å². The van der Waals surface area contributed by atoms with Crippen LogP contribution in [0.2, 0.25) is 5.02 Å². The molecule has 3 aromatic rings. The second-order valence-corrected chi connectivity index (χ2v) is 8.46. The van der Waals surface area contributed by atoms with Crippen molar-refractivity contribution >= 4 is 28.8 Å². The lowest BCUT2D eigenvalue weighted by molar-refractivity contribution is -0.137. The van der Waals surface area contributed by atoms with Crippen molar-refractivity contribution in [2.45, 2.75) is 38.8 Å². The van der Waals surface area contributed by atoms with Gasteiger partial charge >= 0.3 is 11.9 Å². The third-order valence-electron chi connectivity index (χ3n) is 5.00. The number of thiocarbonyl (C=S) groups is 1. The summed E-state index contributed by atoms with van der Waals surface area (Å²) >= 11 is 11.7. The van der Waals surface area contributed by atoms with Crippen LogP contribution in [0, 0.1) is 0 Å². The molecule has 186 valence electrons. The zero-order valence-corrected chi connectivity index (χ0v) is 20.3. The van der Waals surface area contributed by atoms with Gasteiger partial charge in [-0.25, -0.2) is 4.79 Å². The molecule has 0 amide bonds. The molecule has 3 rings (SSSR count). The predicted octanol–water partition coefficient (Wildman–Crippen LogP) is 6.04. The number of H-pyrrole nitrogens is 1. The molecule has 0 aliphatic rings. The highest BCUT2D eigenvalue weighted by molar-refractivity contribution is 7.80. The Balaban J connectivity index is 1.62. The normalized spacial score (nSPS) is 12.0. The number of aromatic amines is 1. The topological polar surface area (TPSA) is 80.2 Å². The molecule has 0 saturated carbocycles. The average molecular weight is 526 g/mol. The molecular weight excluding hydrogens is 503 g/mol. The van der Waals surface area contributed by atoms with Crippen LogP contribution in [-0.4, -0.2) is 21.7 Å². The number of allylic oxidation sites excluding steroid dienone is 1. The summed E-state index contributed by atoms with van der Waals surface area (Å²) in [6.07, 6.45) is 0.314. The number of nitrogens with one attached hydrogen (secondary N) is 2. The molecule has 0 unspecified atom stereocenters. The van der Waals surface area contributed by atoms with E-state index in [1.54, 1.807) is 18.2 Å². The van der Waals surface area contributed by atoms with Crippen molar-refractivity contribution in [2.75, 3.05) is 6.61 Å². The molecule has 0 radical (unpaired) electrons. The van der Waals surface area contributed by atoms with Crippen LogP contribution in [0.1, 0.15) is 48.7 Å². The summed E-state index contributed by atoms with van der Waals surface area (Å²) in [7, 11) is 0. The molecule has 6 nitrogen and oxygen atoms in total. The highest BCUT2D eigenvalue weighted by atomic mass is 35.5. The van der Waals surface area contributed by atoms with Crippen molar-refractivity contribution in [3.05, 3.63) is 92.3 Å². The van der Waals surface area contributed by atoms with Crippen LogP contribution in [0.3, 0.4) is 0 Å². The van der Waals surface area contributed by atoms with E-state index in [0.29, 0.717) is 40.0 Å². The van der Waals surface area contributed by atoms with Gasteiger partial charge in [-0.2, -0.15) is 13.2 Å². The number of benzene rings is 2. The van der Waals surface area contributed by atoms with Gasteiger partial charge in [0.15, 0.2) is 5.82 Å². The molecule has 11 heteroatoms. The van der Waals surface area contributed by atoms with Crippen molar-refractivity contribution in [1.29, 1.82) is 0 Å². The van der Waals surface area contributed by atoms with Gasteiger partial charge in [0.2, 0.25) is 0 Å². The molecule has 0 saturated heterocycles. The summed E-state index contributed by atoms with van der Waals surface area (Å²) in [4.78, 5) is 13.9. The maximum atomic E-state index is 12.8. The third-order valence-corrected chi connectivity index (χ3v) is 5.69. The van der Waals surface area contributed by atoms with E-state index in [2.05, 4.69) is 26.9 Å². The van der Waals surface area contributed by atoms with Gasteiger partial charge in [0.1, 0.15) is 17.3 Å². The van der Waals surface area contributed by atoms with Crippen molar-refractivity contribution in [1.82, 2.24) is 15.5 Å². The molecule has 35 heavy (non-hydrogen) atoms. The summed E-state index contributed by atoms with van der Waals surface area (Å²) in [5, 5.41) is 7.19. The van der Waals surface area contributed by atoms with Crippen LogP contribution in [0.15, 0.2) is 63.6 Å². The standard InChI is InChI=1S/C24H23ClF3N3O3S/c1-2-3-4-18(29-22(35)15-5-8-17(9-6-15)24(26,27)28)11-12-33-19-10-7-16(20(25)14-19)13-21-30-23(32)34-31-21/h5-11,14H,2-4,12-13H2,1H3,(H,29,35)(H,30,31,32)/b18-11+. The maximum absolute atomic E-state index is 12.8. The Bertz CT molecular complexity index is 1240. The zero-order valence-electron chi connectivity index (χ0n) is 18.7. The predicted molar refractivity (Wildman–Crippen MR) is 131 cm³/mol. The number of unbranched alkanes of at least 4 members (excludes halogenated alkanes) is 1. The molecule has 0 aliphatic carbocycles. The van der Waals surface area contributed by atoms with Crippen molar-refractivity contribution in [3.63, 3.8) is 0 Å². The number of alkyl halides is 3. The highest BCUT2D eigenvalue weighted by Gasteiger charge is 2.30. The minimum absolute atomic E-state index is 0.230. The number of hydrogen-bond acceptors (Lipinski definition) is 5. The first-order valence-corrected chi connectivity index (χ1v) is 11.6. The summed E-state index contributed by atoms with van der Waals surface area (Å²) in [5.41, 5.74) is 1.33. The van der Waals surface area contributed by atoms with Crippen LogP contribution < -0.4 is 15.8 Å². The third kappa shape index (κ3) is 7.97.